The molecular formula is C20H30BNO4. The van der Waals surface area contributed by atoms with Crippen LogP contribution in [0.3, 0.4) is 0 Å². The molecule has 1 aliphatic carbocycles. The monoisotopic (exact) mass is 359 g/mol. The first-order valence-electron chi connectivity index (χ1n) is 9.35. The molecule has 0 unspecified atom stereocenters. The van der Waals surface area contributed by atoms with E-state index in [1.807, 2.05) is 66.7 Å². The molecular weight excluding hydrogens is 329 g/mol. The van der Waals surface area contributed by atoms with E-state index in [-0.39, 0.29) is 6.04 Å². The van der Waals surface area contributed by atoms with E-state index in [4.69, 9.17) is 9.31 Å². The van der Waals surface area contributed by atoms with Crippen molar-refractivity contribution in [1.82, 2.24) is 4.90 Å². The average Bonchev–Trinajstić information content (AvgIpc) is 2.96. The molecule has 26 heavy (non-hydrogen) atoms. The van der Waals surface area contributed by atoms with Crippen LogP contribution in [0.15, 0.2) is 18.2 Å². The summed E-state index contributed by atoms with van der Waals surface area (Å²) < 4.78 is 12.5. The van der Waals surface area contributed by atoms with Crippen molar-refractivity contribution in [2.75, 3.05) is 0 Å². The number of rotatable bonds is 2. The van der Waals surface area contributed by atoms with Gasteiger partial charge in [0.2, 0.25) is 0 Å². The number of hydrogen-bond donors (Lipinski definition) is 1. The molecule has 0 bridgehead atoms. The molecule has 1 fully saturated rings. The number of hydrogen-bond acceptors (Lipinski definition) is 3. The summed E-state index contributed by atoms with van der Waals surface area (Å²) in [7, 11) is -0.415. The first kappa shape index (κ1) is 19.2. The van der Waals surface area contributed by atoms with E-state index in [9.17, 15) is 9.90 Å². The number of carbonyl (C=O) groups is 1. The van der Waals surface area contributed by atoms with Crippen molar-refractivity contribution in [1.29, 1.82) is 0 Å². The standard InChI is InChI=1S/C20H30BNO4/c1-18(2,3)22(17(23)24)16-12-11-13-14(16)9-8-10-15(13)21-25-19(4,5)20(6,7)26-21/h8-10,16H,11-12H2,1-7H3,(H,23,24)/t16-/m0/s1. The van der Waals surface area contributed by atoms with Crippen LogP contribution in [0.4, 0.5) is 4.79 Å². The molecule has 0 saturated carbocycles. The van der Waals surface area contributed by atoms with Gasteiger partial charge in [0, 0.05) is 5.54 Å². The van der Waals surface area contributed by atoms with Gasteiger partial charge in [0.1, 0.15) is 0 Å². The van der Waals surface area contributed by atoms with Crippen molar-refractivity contribution in [3.63, 3.8) is 0 Å². The van der Waals surface area contributed by atoms with Gasteiger partial charge in [-0.1, -0.05) is 18.2 Å². The fourth-order valence-corrected chi connectivity index (χ4v) is 4.01. The first-order chi connectivity index (χ1) is 11.8. The second-order valence-corrected chi connectivity index (χ2v) is 9.38. The highest BCUT2D eigenvalue weighted by atomic mass is 16.7. The number of benzene rings is 1. The van der Waals surface area contributed by atoms with Crippen LogP contribution >= 0.6 is 0 Å². The van der Waals surface area contributed by atoms with E-state index in [2.05, 4.69) is 0 Å². The van der Waals surface area contributed by atoms with E-state index in [0.29, 0.717) is 0 Å². The minimum atomic E-state index is -0.878. The minimum absolute atomic E-state index is 0.134. The summed E-state index contributed by atoms with van der Waals surface area (Å²) in [5.41, 5.74) is 2.04. The molecule has 1 aromatic carbocycles. The summed E-state index contributed by atoms with van der Waals surface area (Å²) >= 11 is 0. The van der Waals surface area contributed by atoms with Crippen LogP contribution in [0.1, 0.15) is 72.1 Å². The largest absolute Gasteiger partial charge is 0.495 e. The Hall–Kier alpha value is -1.53. The zero-order chi connectivity index (χ0) is 19.5. The molecule has 1 aromatic rings. The molecule has 0 spiro atoms. The summed E-state index contributed by atoms with van der Waals surface area (Å²) in [5.74, 6) is 0. The fraction of sp³-hybridized carbons (Fsp3) is 0.650. The summed E-state index contributed by atoms with van der Waals surface area (Å²) in [6, 6.07) is 5.94. The lowest BCUT2D eigenvalue weighted by atomic mass is 9.75. The maximum absolute atomic E-state index is 11.9. The van der Waals surface area contributed by atoms with E-state index >= 15 is 0 Å². The van der Waals surface area contributed by atoms with Gasteiger partial charge in [-0.25, -0.2) is 4.79 Å². The zero-order valence-electron chi connectivity index (χ0n) is 16.9. The smallest absolute Gasteiger partial charge is 0.465 e. The Kier molecular flexibility index (Phi) is 4.44. The molecule has 0 radical (unpaired) electrons. The number of fused-ring (bicyclic) bond motifs is 1. The summed E-state index contributed by atoms with van der Waals surface area (Å²) in [5, 5.41) is 9.79. The predicted molar refractivity (Wildman–Crippen MR) is 103 cm³/mol. The van der Waals surface area contributed by atoms with Crippen LogP contribution in [-0.2, 0) is 15.7 Å². The Morgan fingerprint density at radius 3 is 2.27 bits per heavy atom. The third-order valence-corrected chi connectivity index (χ3v) is 6.02. The molecule has 1 atom stereocenters. The molecule has 1 aliphatic heterocycles. The van der Waals surface area contributed by atoms with Gasteiger partial charge in [-0.05, 0) is 77.9 Å². The third kappa shape index (κ3) is 3.03. The van der Waals surface area contributed by atoms with Crippen molar-refractivity contribution in [3.8, 4) is 0 Å². The van der Waals surface area contributed by atoms with Gasteiger partial charge in [-0.2, -0.15) is 0 Å². The fourth-order valence-electron chi connectivity index (χ4n) is 4.01. The van der Waals surface area contributed by atoms with Gasteiger partial charge >= 0.3 is 13.2 Å². The van der Waals surface area contributed by atoms with Crippen LogP contribution in [0.5, 0.6) is 0 Å². The predicted octanol–water partition coefficient (Wildman–Crippen LogP) is 3.75. The van der Waals surface area contributed by atoms with Crippen molar-refractivity contribution < 1.29 is 19.2 Å². The Balaban J connectivity index is 1.98. The molecule has 1 amide bonds. The molecule has 2 aliphatic rings. The Morgan fingerprint density at radius 2 is 1.77 bits per heavy atom. The van der Waals surface area contributed by atoms with Gasteiger partial charge < -0.3 is 14.4 Å². The van der Waals surface area contributed by atoms with Crippen molar-refractivity contribution in [2.45, 2.75) is 84.1 Å². The van der Waals surface area contributed by atoms with Gasteiger partial charge in [0.25, 0.3) is 0 Å². The number of amides is 1. The van der Waals surface area contributed by atoms with E-state index < -0.39 is 30.0 Å². The number of nitrogens with zero attached hydrogens (tertiary/aromatic N) is 1. The van der Waals surface area contributed by atoms with Crippen LogP contribution in [0, 0.1) is 0 Å². The molecule has 5 nitrogen and oxygen atoms in total. The lowest BCUT2D eigenvalue weighted by Crippen LogP contribution is -2.46. The Morgan fingerprint density at radius 1 is 1.19 bits per heavy atom. The molecule has 142 valence electrons. The van der Waals surface area contributed by atoms with Crippen molar-refractivity contribution in [2.24, 2.45) is 0 Å². The van der Waals surface area contributed by atoms with Gasteiger partial charge in [0.15, 0.2) is 0 Å². The highest BCUT2D eigenvalue weighted by Gasteiger charge is 2.52. The maximum atomic E-state index is 11.9. The van der Waals surface area contributed by atoms with E-state index in [0.717, 1.165) is 23.9 Å². The van der Waals surface area contributed by atoms with Gasteiger partial charge in [0.05, 0.1) is 17.2 Å². The minimum Gasteiger partial charge on any atom is -0.465 e. The first-order valence-corrected chi connectivity index (χ1v) is 9.35. The SMILES string of the molecule is CC(C)(C)N(C(=O)O)[C@H]1CCc2c(B3OC(C)(C)C(C)(C)O3)cccc21. The highest BCUT2D eigenvalue weighted by Crippen LogP contribution is 2.41. The zero-order valence-corrected chi connectivity index (χ0v) is 16.9. The number of carboxylic acid groups (broad SMARTS) is 1. The lowest BCUT2D eigenvalue weighted by Gasteiger charge is -2.38. The van der Waals surface area contributed by atoms with Gasteiger partial charge in [-0.15, -0.1) is 0 Å². The van der Waals surface area contributed by atoms with E-state index in [1.54, 1.807) is 4.90 Å². The second-order valence-electron chi connectivity index (χ2n) is 9.38. The van der Waals surface area contributed by atoms with Crippen LogP contribution in [0.2, 0.25) is 0 Å². The Labute approximate surface area is 156 Å². The van der Waals surface area contributed by atoms with Crippen LogP contribution in [0.25, 0.3) is 0 Å². The molecule has 3 rings (SSSR count). The average molecular weight is 359 g/mol. The summed E-state index contributed by atoms with van der Waals surface area (Å²) in [6.45, 7) is 14.0. The summed E-state index contributed by atoms with van der Waals surface area (Å²) in [4.78, 5) is 13.5. The molecule has 0 aromatic heterocycles. The molecule has 1 heterocycles. The molecule has 6 heteroatoms. The lowest BCUT2D eigenvalue weighted by molar-refractivity contribution is 0.00578. The Bertz CT molecular complexity index is 707. The van der Waals surface area contributed by atoms with E-state index in [1.165, 1.54) is 5.56 Å². The van der Waals surface area contributed by atoms with Crippen molar-refractivity contribution >= 4 is 18.7 Å². The third-order valence-electron chi connectivity index (χ3n) is 6.02. The van der Waals surface area contributed by atoms with Gasteiger partial charge in [-0.3, -0.25) is 4.90 Å². The quantitative estimate of drug-likeness (QED) is 0.817. The van der Waals surface area contributed by atoms with Crippen molar-refractivity contribution in [3.05, 3.63) is 29.3 Å². The molecule has 1 N–H and O–H groups in total. The molecule has 1 saturated heterocycles. The topological polar surface area (TPSA) is 59.0 Å². The normalized spacial score (nSPS) is 23.8. The van der Waals surface area contributed by atoms with Crippen LogP contribution in [-0.4, -0.2) is 40.0 Å². The maximum Gasteiger partial charge on any atom is 0.495 e. The van der Waals surface area contributed by atoms with Crippen LogP contribution < -0.4 is 5.46 Å². The summed E-state index contributed by atoms with van der Waals surface area (Å²) in [6.07, 6.45) is 0.742. The highest BCUT2D eigenvalue weighted by molar-refractivity contribution is 6.62. The second kappa shape index (κ2) is 5.99.